The molecule has 38 heavy (non-hydrogen) atoms. The van der Waals surface area contributed by atoms with Gasteiger partial charge in [-0.15, -0.1) is 0 Å². The second-order valence-corrected chi connectivity index (χ2v) is 10.2. The number of nitro benzene ring substituents is 1. The van der Waals surface area contributed by atoms with Gasteiger partial charge in [0.2, 0.25) is 0 Å². The Kier molecular flexibility index (Phi) is 16.5. The number of benzene rings is 2. The summed E-state index contributed by atoms with van der Waals surface area (Å²) in [5, 5.41) is 10.7. The van der Waals surface area contributed by atoms with Crippen molar-refractivity contribution in [1.29, 1.82) is 0 Å². The van der Waals surface area contributed by atoms with E-state index in [1.807, 2.05) is 12.1 Å². The molecule has 0 aliphatic heterocycles. The summed E-state index contributed by atoms with van der Waals surface area (Å²) >= 11 is 0. The molecule has 0 spiro atoms. The zero-order chi connectivity index (χ0) is 27.3. The maximum atomic E-state index is 12.4. The zero-order valence-electron chi connectivity index (χ0n) is 23.4. The first kappa shape index (κ1) is 31.3. The van der Waals surface area contributed by atoms with Crippen molar-refractivity contribution in [3.05, 3.63) is 75.8 Å². The Balaban J connectivity index is 1.46. The van der Waals surface area contributed by atoms with Gasteiger partial charge in [0.05, 0.1) is 11.5 Å². The lowest BCUT2D eigenvalue weighted by Gasteiger charge is -2.07. The van der Waals surface area contributed by atoms with Crippen LogP contribution in [0.4, 0.5) is 5.69 Å². The first-order valence-electron chi connectivity index (χ1n) is 14.8. The minimum Gasteiger partial charge on any atom is -0.494 e. The van der Waals surface area contributed by atoms with Gasteiger partial charge in [-0.05, 0) is 54.5 Å². The van der Waals surface area contributed by atoms with Gasteiger partial charge in [-0.3, -0.25) is 14.9 Å². The smallest absolute Gasteiger partial charge is 0.269 e. The van der Waals surface area contributed by atoms with Crippen molar-refractivity contribution in [3.63, 3.8) is 0 Å². The summed E-state index contributed by atoms with van der Waals surface area (Å²) in [5.41, 5.74) is 1.35. The van der Waals surface area contributed by atoms with Crippen molar-refractivity contribution in [3.8, 4) is 5.75 Å². The van der Waals surface area contributed by atoms with Gasteiger partial charge in [-0.25, -0.2) is 0 Å². The van der Waals surface area contributed by atoms with Crippen molar-refractivity contribution < 1.29 is 14.5 Å². The maximum Gasteiger partial charge on any atom is 0.269 e. The number of hydrogen-bond donors (Lipinski definition) is 0. The van der Waals surface area contributed by atoms with Gasteiger partial charge >= 0.3 is 0 Å². The Bertz CT molecular complexity index is 934. The van der Waals surface area contributed by atoms with Crippen molar-refractivity contribution in [2.75, 3.05) is 6.61 Å². The second-order valence-electron chi connectivity index (χ2n) is 10.2. The summed E-state index contributed by atoms with van der Waals surface area (Å²) in [6.07, 6.45) is 24.8. The lowest BCUT2D eigenvalue weighted by Crippen LogP contribution is -1.99. The topological polar surface area (TPSA) is 69.4 Å². The maximum absolute atomic E-state index is 12.4. The van der Waals surface area contributed by atoms with Crippen LogP contribution in [-0.4, -0.2) is 17.3 Å². The third-order valence-electron chi connectivity index (χ3n) is 6.94. The Morgan fingerprint density at radius 1 is 0.711 bits per heavy atom. The number of rotatable bonds is 22. The summed E-state index contributed by atoms with van der Waals surface area (Å²) in [5.74, 6) is 0.662. The lowest BCUT2D eigenvalue weighted by atomic mass is 10.0. The molecule has 0 atom stereocenters. The van der Waals surface area contributed by atoms with Gasteiger partial charge in [-0.2, -0.15) is 0 Å². The van der Waals surface area contributed by atoms with Gasteiger partial charge < -0.3 is 4.74 Å². The number of hydrogen-bond acceptors (Lipinski definition) is 4. The normalized spacial score (nSPS) is 11.2. The molecule has 2 aromatic carbocycles. The SMILES string of the molecule is CCCCCCCCCCCCCCCCCCOc1ccc(C(=O)C=Cc2ccc([N+](=O)[O-])cc2)cc1. The summed E-state index contributed by atoms with van der Waals surface area (Å²) in [6, 6.07) is 13.3. The fourth-order valence-electron chi connectivity index (χ4n) is 4.53. The number of carbonyl (C=O) groups is 1. The highest BCUT2D eigenvalue weighted by Crippen LogP contribution is 2.17. The summed E-state index contributed by atoms with van der Waals surface area (Å²) in [4.78, 5) is 22.7. The predicted octanol–water partition coefficient (Wildman–Crippen LogP) is 10.1. The monoisotopic (exact) mass is 521 g/mol. The van der Waals surface area contributed by atoms with Crippen LogP contribution in [0.3, 0.4) is 0 Å². The molecule has 0 amide bonds. The molecule has 0 bridgehead atoms. The third kappa shape index (κ3) is 14.1. The molecule has 0 N–H and O–H groups in total. The highest BCUT2D eigenvalue weighted by Gasteiger charge is 2.05. The number of nitro groups is 1. The van der Waals surface area contributed by atoms with Crippen LogP contribution >= 0.6 is 0 Å². The molecule has 0 saturated heterocycles. The molecule has 2 rings (SSSR count). The number of nitrogens with zero attached hydrogens (tertiary/aromatic N) is 1. The van der Waals surface area contributed by atoms with Crippen molar-refractivity contribution in [2.24, 2.45) is 0 Å². The van der Waals surface area contributed by atoms with Gasteiger partial charge in [0.15, 0.2) is 5.78 Å². The van der Waals surface area contributed by atoms with Crippen LogP contribution in [0.25, 0.3) is 6.08 Å². The molecular formula is C33H47NO4. The van der Waals surface area contributed by atoms with Crippen LogP contribution in [0, 0.1) is 10.1 Å². The van der Waals surface area contributed by atoms with Gasteiger partial charge in [-0.1, -0.05) is 109 Å². The number of non-ortho nitro benzene ring substituents is 1. The largest absolute Gasteiger partial charge is 0.494 e. The molecular weight excluding hydrogens is 474 g/mol. The van der Waals surface area contributed by atoms with E-state index in [0.29, 0.717) is 12.2 Å². The molecule has 0 heterocycles. The van der Waals surface area contributed by atoms with Gasteiger partial charge in [0.25, 0.3) is 5.69 Å². The van der Waals surface area contributed by atoms with E-state index in [4.69, 9.17) is 4.74 Å². The van der Waals surface area contributed by atoms with Crippen LogP contribution < -0.4 is 4.74 Å². The van der Waals surface area contributed by atoms with E-state index in [1.165, 1.54) is 115 Å². The molecule has 0 saturated carbocycles. The Labute approximate surface area is 229 Å². The quantitative estimate of drug-likeness (QED) is 0.0508. The molecule has 0 aromatic heterocycles. The van der Waals surface area contributed by atoms with E-state index in [-0.39, 0.29) is 11.5 Å². The molecule has 5 nitrogen and oxygen atoms in total. The molecule has 0 fully saturated rings. The third-order valence-corrected chi connectivity index (χ3v) is 6.94. The second kappa shape index (κ2) is 20.1. The van der Waals surface area contributed by atoms with Crippen molar-refractivity contribution >= 4 is 17.5 Å². The Morgan fingerprint density at radius 3 is 1.66 bits per heavy atom. The van der Waals surface area contributed by atoms with Crippen LogP contribution in [0.1, 0.15) is 126 Å². The molecule has 208 valence electrons. The highest BCUT2D eigenvalue weighted by atomic mass is 16.6. The minimum atomic E-state index is -0.442. The van der Waals surface area contributed by atoms with E-state index < -0.39 is 4.92 Å². The predicted molar refractivity (Wildman–Crippen MR) is 158 cm³/mol. The first-order chi connectivity index (χ1) is 18.6. The standard InChI is InChI=1S/C33H47NO4/c1-2-3-4-5-6-7-8-9-10-11-12-13-14-15-16-17-28-38-32-25-21-30(22-26-32)33(35)27-20-29-18-23-31(24-19-29)34(36)37/h18-27H,2-17,28H2,1H3. The summed E-state index contributed by atoms with van der Waals surface area (Å²) in [6.45, 7) is 2.98. The average molecular weight is 522 g/mol. The van der Waals surface area contributed by atoms with Gasteiger partial charge in [0.1, 0.15) is 5.75 Å². The number of ketones is 1. The zero-order valence-corrected chi connectivity index (χ0v) is 23.4. The number of allylic oxidation sites excluding steroid dienone is 1. The first-order valence-corrected chi connectivity index (χ1v) is 14.8. The molecule has 0 radical (unpaired) electrons. The van der Waals surface area contributed by atoms with E-state index >= 15 is 0 Å². The van der Waals surface area contributed by atoms with Crippen molar-refractivity contribution in [2.45, 2.75) is 110 Å². The van der Waals surface area contributed by atoms with E-state index in [2.05, 4.69) is 6.92 Å². The molecule has 0 aliphatic carbocycles. The number of unbranched alkanes of at least 4 members (excludes halogenated alkanes) is 15. The average Bonchev–Trinajstić information content (AvgIpc) is 2.94. The molecule has 2 aromatic rings. The molecule has 0 unspecified atom stereocenters. The number of ether oxygens (including phenoxy) is 1. The highest BCUT2D eigenvalue weighted by molar-refractivity contribution is 6.06. The van der Waals surface area contributed by atoms with Crippen LogP contribution in [0.15, 0.2) is 54.6 Å². The minimum absolute atomic E-state index is 0.0312. The van der Waals surface area contributed by atoms with E-state index in [1.54, 1.807) is 30.3 Å². The lowest BCUT2D eigenvalue weighted by molar-refractivity contribution is -0.384. The van der Waals surface area contributed by atoms with Crippen LogP contribution in [0.2, 0.25) is 0 Å². The summed E-state index contributed by atoms with van der Waals surface area (Å²) in [7, 11) is 0. The fraction of sp³-hybridized carbons (Fsp3) is 0.545. The van der Waals surface area contributed by atoms with E-state index in [0.717, 1.165) is 17.7 Å². The molecule has 0 aliphatic rings. The van der Waals surface area contributed by atoms with Crippen molar-refractivity contribution in [1.82, 2.24) is 0 Å². The van der Waals surface area contributed by atoms with Gasteiger partial charge in [0, 0.05) is 17.7 Å². The number of carbonyl (C=O) groups excluding carboxylic acids is 1. The summed E-state index contributed by atoms with van der Waals surface area (Å²) < 4.78 is 5.84. The fourth-order valence-corrected chi connectivity index (χ4v) is 4.53. The Hall–Kier alpha value is -2.95. The van der Waals surface area contributed by atoms with Crippen LogP contribution in [0.5, 0.6) is 5.75 Å². The van der Waals surface area contributed by atoms with E-state index in [9.17, 15) is 14.9 Å². The van der Waals surface area contributed by atoms with Crippen LogP contribution in [-0.2, 0) is 0 Å². The molecule has 5 heteroatoms. The Morgan fingerprint density at radius 2 is 1.18 bits per heavy atom.